The lowest BCUT2D eigenvalue weighted by Crippen LogP contribution is -2.42. The molecule has 72 valence electrons. The van der Waals surface area contributed by atoms with Crippen LogP contribution in [0.3, 0.4) is 0 Å². The van der Waals surface area contributed by atoms with Crippen molar-refractivity contribution in [1.29, 1.82) is 0 Å². The van der Waals surface area contributed by atoms with Gasteiger partial charge in [0.1, 0.15) is 0 Å². The van der Waals surface area contributed by atoms with Crippen LogP contribution in [0.2, 0.25) is 0 Å². The average Bonchev–Trinajstić information content (AvgIpc) is 2.03. The van der Waals surface area contributed by atoms with Gasteiger partial charge in [-0.15, -0.1) is 0 Å². The van der Waals surface area contributed by atoms with Gasteiger partial charge in [-0.05, 0) is 27.4 Å². The monoisotopic (exact) mass is 173 g/mol. The van der Waals surface area contributed by atoms with Crippen LogP contribution in [-0.2, 0) is 9.47 Å². The van der Waals surface area contributed by atoms with E-state index >= 15 is 0 Å². The first-order chi connectivity index (χ1) is 5.63. The first-order valence-electron chi connectivity index (χ1n) is 4.48. The van der Waals surface area contributed by atoms with E-state index in [4.69, 9.17) is 9.47 Å². The minimum absolute atomic E-state index is 0.0128. The van der Waals surface area contributed by atoms with Crippen LogP contribution in [0.4, 0.5) is 0 Å². The van der Waals surface area contributed by atoms with Gasteiger partial charge in [0.25, 0.3) is 0 Å². The number of hydrogen-bond donors (Lipinski definition) is 0. The predicted molar refractivity (Wildman–Crippen MR) is 48.1 cm³/mol. The zero-order valence-electron chi connectivity index (χ0n) is 8.41. The van der Waals surface area contributed by atoms with E-state index in [2.05, 4.69) is 25.9 Å². The number of nitrogens with zero attached hydrogens (tertiary/aromatic N) is 1. The maximum Gasteiger partial charge on any atom is 0.159 e. The van der Waals surface area contributed by atoms with E-state index in [0.29, 0.717) is 12.1 Å². The van der Waals surface area contributed by atoms with Crippen LogP contribution >= 0.6 is 0 Å². The summed E-state index contributed by atoms with van der Waals surface area (Å²) in [4.78, 5) is 2.24. The molecule has 0 radical (unpaired) electrons. The molecule has 0 spiro atoms. The van der Waals surface area contributed by atoms with Crippen molar-refractivity contribution < 1.29 is 9.47 Å². The lowest BCUT2D eigenvalue weighted by Gasteiger charge is -2.36. The second-order valence-corrected chi connectivity index (χ2v) is 3.70. The molecule has 0 N–H and O–H groups in total. The maximum atomic E-state index is 5.57. The van der Waals surface area contributed by atoms with E-state index in [0.717, 1.165) is 12.8 Å². The fraction of sp³-hybridized carbons (Fsp3) is 1.00. The molecule has 3 nitrogen and oxygen atoms in total. The lowest BCUT2D eigenvalue weighted by atomic mass is 10.0. The summed E-state index contributed by atoms with van der Waals surface area (Å²) < 4.78 is 10.8. The summed E-state index contributed by atoms with van der Waals surface area (Å²) in [5.41, 5.74) is 0. The van der Waals surface area contributed by atoms with Gasteiger partial charge in [-0.25, -0.2) is 0 Å². The summed E-state index contributed by atoms with van der Waals surface area (Å²) >= 11 is 0. The van der Waals surface area contributed by atoms with Gasteiger partial charge in [0.15, 0.2) is 6.29 Å². The quantitative estimate of drug-likeness (QED) is 0.624. The van der Waals surface area contributed by atoms with Crippen molar-refractivity contribution in [3.05, 3.63) is 0 Å². The number of hydrogen-bond acceptors (Lipinski definition) is 3. The SMILES string of the molecule is CO[C@H]1C[C@@H](N(C)C)C[C@@H](C)O1. The zero-order valence-corrected chi connectivity index (χ0v) is 8.41. The number of methoxy groups -OCH3 is 1. The van der Waals surface area contributed by atoms with Crippen molar-refractivity contribution >= 4 is 0 Å². The fourth-order valence-corrected chi connectivity index (χ4v) is 1.65. The Morgan fingerprint density at radius 2 is 2.00 bits per heavy atom. The average molecular weight is 173 g/mol. The molecule has 1 heterocycles. The van der Waals surface area contributed by atoms with Gasteiger partial charge in [-0.2, -0.15) is 0 Å². The molecule has 0 bridgehead atoms. The van der Waals surface area contributed by atoms with Crippen LogP contribution in [0.5, 0.6) is 0 Å². The van der Waals surface area contributed by atoms with Crippen molar-refractivity contribution in [2.75, 3.05) is 21.2 Å². The van der Waals surface area contributed by atoms with E-state index in [1.165, 1.54) is 0 Å². The standard InChI is InChI=1S/C9H19NO2/c1-7-5-8(10(2)3)6-9(11-4)12-7/h7-9H,5-6H2,1-4H3/t7-,8+,9-/m1/s1. The van der Waals surface area contributed by atoms with E-state index in [9.17, 15) is 0 Å². The molecule has 0 aliphatic carbocycles. The highest BCUT2D eigenvalue weighted by molar-refractivity contribution is 4.76. The van der Waals surface area contributed by atoms with E-state index < -0.39 is 0 Å². The van der Waals surface area contributed by atoms with Crippen LogP contribution in [0.1, 0.15) is 19.8 Å². The van der Waals surface area contributed by atoms with Crippen LogP contribution in [0.15, 0.2) is 0 Å². The smallest absolute Gasteiger partial charge is 0.159 e. The molecule has 3 heteroatoms. The van der Waals surface area contributed by atoms with Crippen LogP contribution in [0, 0.1) is 0 Å². The second-order valence-electron chi connectivity index (χ2n) is 3.70. The third-order valence-electron chi connectivity index (χ3n) is 2.45. The van der Waals surface area contributed by atoms with Gasteiger partial charge in [-0.3, -0.25) is 0 Å². The minimum atomic E-state index is -0.0128. The number of rotatable bonds is 2. The molecule has 1 aliphatic rings. The van der Waals surface area contributed by atoms with Gasteiger partial charge in [0.2, 0.25) is 0 Å². The van der Waals surface area contributed by atoms with Gasteiger partial charge < -0.3 is 14.4 Å². The van der Waals surface area contributed by atoms with Gasteiger partial charge in [0, 0.05) is 19.6 Å². The molecule has 3 atom stereocenters. The Balaban J connectivity index is 2.45. The zero-order chi connectivity index (χ0) is 9.14. The Morgan fingerprint density at radius 1 is 1.33 bits per heavy atom. The molecule has 12 heavy (non-hydrogen) atoms. The molecule has 0 saturated carbocycles. The Kier molecular flexibility index (Phi) is 3.50. The Labute approximate surface area is 74.6 Å². The molecular weight excluding hydrogens is 154 g/mol. The van der Waals surface area contributed by atoms with E-state index in [-0.39, 0.29) is 6.29 Å². The molecule has 0 unspecified atom stereocenters. The van der Waals surface area contributed by atoms with Gasteiger partial charge in [0.05, 0.1) is 6.10 Å². The fourth-order valence-electron chi connectivity index (χ4n) is 1.65. The van der Waals surface area contributed by atoms with Crippen LogP contribution in [-0.4, -0.2) is 44.5 Å². The first kappa shape index (κ1) is 9.96. The molecule has 1 aliphatic heterocycles. The Bertz CT molecular complexity index is 138. The minimum Gasteiger partial charge on any atom is -0.356 e. The second kappa shape index (κ2) is 4.21. The maximum absolute atomic E-state index is 5.57. The predicted octanol–water partition coefficient (Wildman–Crippen LogP) is 1.09. The summed E-state index contributed by atoms with van der Waals surface area (Å²) in [6, 6.07) is 0.596. The summed E-state index contributed by atoms with van der Waals surface area (Å²) in [7, 11) is 5.92. The van der Waals surface area contributed by atoms with Crippen molar-refractivity contribution in [2.45, 2.75) is 38.2 Å². The summed E-state index contributed by atoms with van der Waals surface area (Å²) in [6.07, 6.45) is 2.39. The van der Waals surface area contributed by atoms with Crippen LogP contribution < -0.4 is 0 Å². The highest BCUT2D eigenvalue weighted by atomic mass is 16.7. The third-order valence-corrected chi connectivity index (χ3v) is 2.45. The van der Waals surface area contributed by atoms with E-state index in [1.54, 1.807) is 7.11 Å². The van der Waals surface area contributed by atoms with E-state index in [1.807, 2.05) is 0 Å². The van der Waals surface area contributed by atoms with Crippen LogP contribution in [0.25, 0.3) is 0 Å². The third kappa shape index (κ3) is 2.44. The number of ether oxygens (including phenoxy) is 2. The highest BCUT2D eigenvalue weighted by Crippen LogP contribution is 2.22. The van der Waals surface area contributed by atoms with Crippen molar-refractivity contribution in [3.8, 4) is 0 Å². The molecule has 0 amide bonds. The first-order valence-corrected chi connectivity index (χ1v) is 4.48. The molecule has 1 saturated heterocycles. The summed E-state index contributed by atoms with van der Waals surface area (Å²) in [5.74, 6) is 0. The molecule has 0 aromatic carbocycles. The lowest BCUT2D eigenvalue weighted by molar-refractivity contribution is -0.188. The summed E-state index contributed by atoms with van der Waals surface area (Å²) in [6.45, 7) is 2.10. The Hall–Kier alpha value is -0.120. The molecule has 0 aromatic rings. The molecule has 1 fully saturated rings. The Morgan fingerprint density at radius 3 is 2.50 bits per heavy atom. The van der Waals surface area contributed by atoms with Crippen molar-refractivity contribution in [2.24, 2.45) is 0 Å². The molecule has 1 rings (SSSR count). The van der Waals surface area contributed by atoms with Crippen molar-refractivity contribution in [3.63, 3.8) is 0 Å². The largest absolute Gasteiger partial charge is 0.356 e. The summed E-state index contributed by atoms with van der Waals surface area (Å²) in [5, 5.41) is 0. The normalized spacial score (nSPS) is 37.2. The molecule has 0 aromatic heterocycles. The van der Waals surface area contributed by atoms with Gasteiger partial charge in [-0.1, -0.05) is 0 Å². The van der Waals surface area contributed by atoms with Gasteiger partial charge >= 0.3 is 0 Å². The topological polar surface area (TPSA) is 21.7 Å². The van der Waals surface area contributed by atoms with Crippen molar-refractivity contribution in [1.82, 2.24) is 4.90 Å². The highest BCUT2D eigenvalue weighted by Gasteiger charge is 2.27. The molecular formula is C9H19NO2.